The fourth-order valence-corrected chi connectivity index (χ4v) is 3.23. The van der Waals surface area contributed by atoms with E-state index in [-0.39, 0.29) is 5.54 Å². The van der Waals surface area contributed by atoms with E-state index in [4.69, 9.17) is 5.73 Å². The molecule has 3 heteroatoms. The maximum Gasteiger partial charge on any atom is 0.0509 e. The van der Waals surface area contributed by atoms with Crippen LogP contribution >= 0.6 is 0 Å². The predicted octanol–water partition coefficient (Wildman–Crippen LogP) is 2.28. The van der Waals surface area contributed by atoms with E-state index >= 15 is 0 Å². The summed E-state index contributed by atoms with van der Waals surface area (Å²) in [4.78, 5) is 4.99. The Morgan fingerprint density at radius 3 is 2.40 bits per heavy atom. The third kappa shape index (κ3) is 3.81. The van der Waals surface area contributed by atoms with Gasteiger partial charge in [-0.15, -0.1) is 0 Å². The minimum Gasteiger partial charge on any atom is -0.321 e. The van der Waals surface area contributed by atoms with Crippen molar-refractivity contribution in [3.05, 3.63) is 35.9 Å². The van der Waals surface area contributed by atoms with Gasteiger partial charge in [0.05, 0.1) is 5.54 Å². The summed E-state index contributed by atoms with van der Waals surface area (Å²) in [5.41, 5.74) is 7.49. The van der Waals surface area contributed by atoms with Gasteiger partial charge in [0.25, 0.3) is 0 Å². The first-order valence-electron chi connectivity index (χ1n) is 7.80. The summed E-state index contributed by atoms with van der Waals surface area (Å²) in [6.45, 7) is 8.91. The van der Waals surface area contributed by atoms with Gasteiger partial charge < -0.3 is 15.5 Å². The lowest BCUT2D eigenvalue weighted by Gasteiger charge is -2.39. The number of hydrogen-bond acceptors (Lipinski definition) is 3. The van der Waals surface area contributed by atoms with E-state index in [1.165, 1.54) is 38.0 Å². The molecule has 0 amide bonds. The molecule has 1 saturated heterocycles. The molecule has 1 atom stereocenters. The van der Waals surface area contributed by atoms with Crippen molar-refractivity contribution in [2.75, 3.05) is 33.2 Å². The Kier molecular flexibility index (Phi) is 5.19. The van der Waals surface area contributed by atoms with Crippen LogP contribution in [0.5, 0.6) is 0 Å². The van der Waals surface area contributed by atoms with Crippen molar-refractivity contribution in [2.45, 2.75) is 38.3 Å². The monoisotopic (exact) mass is 275 g/mol. The lowest BCUT2D eigenvalue weighted by atomic mass is 9.91. The van der Waals surface area contributed by atoms with Crippen molar-refractivity contribution in [1.29, 1.82) is 0 Å². The van der Waals surface area contributed by atoms with Crippen LogP contribution in [-0.4, -0.2) is 49.1 Å². The number of likely N-dealkylation sites (tertiary alicyclic amines) is 1. The number of likely N-dealkylation sites (N-methyl/N-ethyl adjacent to an activating group) is 1. The lowest BCUT2D eigenvalue weighted by molar-refractivity contribution is 0.114. The van der Waals surface area contributed by atoms with Crippen LogP contribution in [0.1, 0.15) is 32.3 Å². The third-order valence-electron chi connectivity index (χ3n) is 4.64. The minimum atomic E-state index is -0.280. The maximum atomic E-state index is 6.55. The molecule has 0 radical (unpaired) electrons. The zero-order chi connectivity index (χ0) is 14.6. The zero-order valence-electron chi connectivity index (χ0n) is 13.2. The van der Waals surface area contributed by atoms with E-state index in [1.54, 1.807) is 0 Å². The molecule has 0 saturated carbocycles. The average molecular weight is 275 g/mol. The van der Waals surface area contributed by atoms with E-state index in [0.717, 1.165) is 6.54 Å². The summed E-state index contributed by atoms with van der Waals surface area (Å²) in [5, 5.41) is 0. The molecular formula is C17H29N3. The summed E-state index contributed by atoms with van der Waals surface area (Å²) >= 11 is 0. The van der Waals surface area contributed by atoms with Gasteiger partial charge in [-0.2, -0.15) is 0 Å². The topological polar surface area (TPSA) is 32.5 Å². The Morgan fingerprint density at radius 2 is 1.85 bits per heavy atom. The van der Waals surface area contributed by atoms with Crippen LogP contribution in [0.2, 0.25) is 0 Å². The molecule has 20 heavy (non-hydrogen) atoms. The molecule has 1 heterocycles. The van der Waals surface area contributed by atoms with Crippen LogP contribution in [0.4, 0.5) is 0 Å². The van der Waals surface area contributed by atoms with E-state index in [2.05, 4.69) is 55.0 Å². The first-order chi connectivity index (χ1) is 9.53. The summed E-state index contributed by atoms with van der Waals surface area (Å²) in [7, 11) is 2.22. The van der Waals surface area contributed by atoms with Crippen molar-refractivity contribution in [2.24, 2.45) is 5.73 Å². The average Bonchev–Trinajstić information content (AvgIpc) is 2.48. The van der Waals surface area contributed by atoms with Crippen LogP contribution in [0, 0.1) is 0 Å². The molecule has 1 aromatic carbocycles. The van der Waals surface area contributed by atoms with Gasteiger partial charge in [-0.1, -0.05) is 37.3 Å². The molecule has 0 aliphatic carbocycles. The van der Waals surface area contributed by atoms with Crippen LogP contribution in [0.3, 0.4) is 0 Å². The Morgan fingerprint density at radius 1 is 1.25 bits per heavy atom. The molecule has 0 bridgehead atoms. The standard InChI is InChI=1S/C17H29N3/c1-4-20-12-10-16(11-13-20)19(3)14-17(2,18)15-8-6-5-7-9-15/h5-9,16H,4,10-14,18H2,1-3H3. The van der Waals surface area contributed by atoms with E-state index in [9.17, 15) is 0 Å². The molecule has 1 aromatic rings. The summed E-state index contributed by atoms with van der Waals surface area (Å²) in [6.07, 6.45) is 2.52. The molecule has 1 aliphatic heterocycles. The van der Waals surface area contributed by atoms with Gasteiger partial charge in [-0.3, -0.25) is 0 Å². The Balaban J connectivity index is 1.92. The van der Waals surface area contributed by atoms with Crippen molar-refractivity contribution in [3.8, 4) is 0 Å². The highest BCUT2D eigenvalue weighted by atomic mass is 15.2. The van der Waals surface area contributed by atoms with Crippen molar-refractivity contribution in [3.63, 3.8) is 0 Å². The highest BCUT2D eigenvalue weighted by molar-refractivity contribution is 5.23. The number of benzene rings is 1. The number of piperidine rings is 1. The smallest absolute Gasteiger partial charge is 0.0509 e. The molecule has 3 nitrogen and oxygen atoms in total. The summed E-state index contributed by atoms with van der Waals surface area (Å²) < 4.78 is 0. The lowest BCUT2D eigenvalue weighted by Crippen LogP contribution is -2.50. The van der Waals surface area contributed by atoms with Crippen LogP contribution in [-0.2, 0) is 5.54 Å². The fraction of sp³-hybridized carbons (Fsp3) is 0.647. The Labute approximate surface area is 123 Å². The molecule has 1 aliphatic rings. The predicted molar refractivity (Wildman–Crippen MR) is 85.7 cm³/mol. The molecule has 0 spiro atoms. The number of hydrogen-bond donors (Lipinski definition) is 1. The first-order valence-corrected chi connectivity index (χ1v) is 7.80. The quantitative estimate of drug-likeness (QED) is 0.895. The molecule has 2 N–H and O–H groups in total. The van der Waals surface area contributed by atoms with Crippen LogP contribution < -0.4 is 5.73 Å². The van der Waals surface area contributed by atoms with Gasteiger partial charge >= 0.3 is 0 Å². The number of nitrogens with two attached hydrogens (primary N) is 1. The van der Waals surface area contributed by atoms with Gasteiger partial charge in [-0.25, -0.2) is 0 Å². The van der Waals surface area contributed by atoms with Crippen LogP contribution in [0.15, 0.2) is 30.3 Å². The highest BCUT2D eigenvalue weighted by Crippen LogP contribution is 2.22. The second kappa shape index (κ2) is 6.70. The van der Waals surface area contributed by atoms with E-state index in [1.807, 2.05) is 6.07 Å². The minimum absolute atomic E-state index is 0.280. The summed E-state index contributed by atoms with van der Waals surface area (Å²) in [5.74, 6) is 0. The van der Waals surface area contributed by atoms with Crippen molar-refractivity contribution in [1.82, 2.24) is 9.80 Å². The first kappa shape index (κ1) is 15.5. The van der Waals surface area contributed by atoms with Gasteiger partial charge in [0.1, 0.15) is 0 Å². The van der Waals surface area contributed by atoms with E-state index < -0.39 is 0 Å². The molecule has 0 aromatic heterocycles. The van der Waals surface area contributed by atoms with Crippen molar-refractivity contribution >= 4 is 0 Å². The molecule has 2 rings (SSSR count). The molecule has 1 fully saturated rings. The number of nitrogens with zero attached hydrogens (tertiary/aromatic N) is 2. The summed E-state index contributed by atoms with van der Waals surface area (Å²) in [6, 6.07) is 11.1. The molecule has 1 unspecified atom stereocenters. The van der Waals surface area contributed by atoms with Gasteiger partial charge in [0.2, 0.25) is 0 Å². The number of rotatable bonds is 5. The SMILES string of the molecule is CCN1CCC(N(C)CC(C)(N)c2ccccc2)CC1. The molecular weight excluding hydrogens is 246 g/mol. The Bertz CT molecular complexity index is 394. The second-order valence-corrected chi connectivity index (χ2v) is 6.36. The van der Waals surface area contributed by atoms with E-state index in [0.29, 0.717) is 6.04 Å². The zero-order valence-corrected chi connectivity index (χ0v) is 13.2. The van der Waals surface area contributed by atoms with Gasteiger partial charge in [0, 0.05) is 12.6 Å². The Hall–Kier alpha value is -0.900. The largest absolute Gasteiger partial charge is 0.321 e. The normalized spacial score (nSPS) is 21.1. The van der Waals surface area contributed by atoms with Gasteiger partial charge in [-0.05, 0) is 52.0 Å². The van der Waals surface area contributed by atoms with Gasteiger partial charge in [0.15, 0.2) is 0 Å². The second-order valence-electron chi connectivity index (χ2n) is 6.36. The van der Waals surface area contributed by atoms with Crippen LogP contribution in [0.25, 0.3) is 0 Å². The fourth-order valence-electron chi connectivity index (χ4n) is 3.23. The molecule has 112 valence electrons. The third-order valence-corrected chi connectivity index (χ3v) is 4.64. The maximum absolute atomic E-state index is 6.55. The highest BCUT2D eigenvalue weighted by Gasteiger charge is 2.28. The van der Waals surface area contributed by atoms with Crippen molar-refractivity contribution < 1.29 is 0 Å².